The molecule has 1 heterocycles. The highest BCUT2D eigenvalue weighted by molar-refractivity contribution is 6.33. The zero-order valence-electron chi connectivity index (χ0n) is 12.2. The van der Waals surface area contributed by atoms with Gasteiger partial charge >= 0.3 is 0 Å². The highest BCUT2D eigenvalue weighted by atomic mass is 35.5. The smallest absolute Gasteiger partial charge is 0.261 e. The lowest BCUT2D eigenvalue weighted by atomic mass is 10.1. The molecule has 0 radical (unpaired) electrons. The van der Waals surface area contributed by atoms with Crippen molar-refractivity contribution in [3.8, 4) is 17.1 Å². The number of rotatable bonds is 3. The molecule has 7 heteroatoms. The van der Waals surface area contributed by atoms with Gasteiger partial charge in [0.25, 0.3) is 5.91 Å². The monoisotopic (exact) mass is 328 g/mol. The predicted octanol–water partition coefficient (Wildman–Crippen LogP) is 3.39. The second-order valence-electron chi connectivity index (χ2n) is 4.96. The molecule has 0 aliphatic carbocycles. The molecule has 6 nitrogen and oxygen atoms in total. The summed E-state index contributed by atoms with van der Waals surface area (Å²) in [4.78, 5) is 16.4. The molecule has 0 spiro atoms. The minimum atomic E-state index is -0.493. The van der Waals surface area contributed by atoms with Gasteiger partial charge in [-0.1, -0.05) is 29.8 Å². The molecule has 0 aliphatic rings. The van der Waals surface area contributed by atoms with Gasteiger partial charge in [-0.05, 0) is 36.8 Å². The number of amides is 1. The van der Waals surface area contributed by atoms with Crippen molar-refractivity contribution in [3.63, 3.8) is 0 Å². The minimum absolute atomic E-state index is 0.0932. The summed E-state index contributed by atoms with van der Waals surface area (Å²) in [6.07, 6.45) is 0. The van der Waals surface area contributed by atoms with E-state index in [9.17, 15) is 9.90 Å². The lowest BCUT2D eigenvalue weighted by molar-refractivity contribution is 0.102. The first-order valence-corrected chi connectivity index (χ1v) is 7.20. The Balaban J connectivity index is 1.82. The second kappa shape index (κ2) is 6.10. The molecule has 116 valence electrons. The van der Waals surface area contributed by atoms with Crippen molar-refractivity contribution in [3.05, 3.63) is 58.6 Å². The molecule has 0 aliphatic heterocycles. The summed E-state index contributed by atoms with van der Waals surface area (Å²) in [7, 11) is 0. The Bertz CT molecular complexity index is 876. The average Bonchev–Trinajstić information content (AvgIpc) is 2.95. The Hall–Kier alpha value is -2.86. The van der Waals surface area contributed by atoms with E-state index < -0.39 is 5.91 Å². The normalized spacial score (nSPS) is 10.5. The number of hydrogen-bond acceptors (Lipinski definition) is 4. The van der Waals surface area contributed by atoms with E-state index >= 15 is 0 Å². The molecule has 2 aromatic carbocycles. The molecule has 0 saturated heterocycles. The van der Waals surface area contributed by atoms with Gasteiger partial charge in [-0.2, -0.15) is 4.98 Å². The van der Waals surface area contributed by atoms with E-state index in [4.69, 9.17) is 11.6 Å². The summed E-state index contributed by atoms with van der Waals surface area (Å²) < 4.78 is 0. The lowest BCUT2D eigenvalue weighted by Gasteiger charge is -2.04. The molecule has 0 saturated carbocycles. The van der Waals surface area contributed by atoms with E-state index in [-0.39, 0.29) is 17.3 Å². The quantitative estimate of drug-likeness (QED) is 0.687. The largest absolute Gasteiger partial charge is 0.507 e. The van der Waals surface area contributed by atoms with Crippen LogP contribution < -0.4 is 5.32 Å². The third kappa shape index (κ3) is 3.17. The molecule has 1 amide bonds. The Morgan fingerprint density at radius 3 is 2.78 bits per heavy atom. The van der Waals surface area contributed by atoms with Crippen molar-refractivity contribution in [1.82, 2.24) is 15.2 Å². The van der Waals surface area contributed by atoms with Crippen LogP contribution in [0.3, 0.4) is 0 Å². The fourth-order valence-electron chi connectivity index (χ4n) is 2.09. The molecule has 1 aromatic heterocycles. The highest BCUT2D eigenvalue weighted by Crippen LogP contribution is 2.25. The topological polar surface area (TPSA) is 90.9 Å². The van der Waals surface area contributed by atoms with Gasteiger partial charge in [0.1, 0.15) is 5.75 Å². The standard InChI is InChI=1S/C16H13ClN4O2/c1-9-6-7-11(13(22)8-9)15(23)19-16-18-14(20-21-16)10-4-2-3-5-12(10)17/h2-8,22H,1H3,(H2,18,19,20,21,23). The van der Waals surface area contributed by atoms with Crippen molar-refractivity contribution < 1.29 is 9.90 Å². The van der Waals surface area contributed by atoms with Crippen LogP contribution in [-0.4, -0.2) is 26.2 Å². The zero-order valence-corrected chi connectivity index (χ0v) is 12.9. The first kappa shape index (κ1) is 15.1. The summed E-state index contributed by atoms with van der Waals surface area (Å²) in [5, 5.41) is 19.5. The highest BCUT2D eigenvalue weighted by Gasteiger charge is 2.15. The van der Waals surface area contributed by atoms with Gasteiger partial charge in [-0.15, -0.1) is 5.10 Å². The summed E-state index contributed by atoms with van der Waals surface area (Å²) in [5.74, 6) is -0.0412. The number of carbonyl (C=O) groups excluding carboxylic acids is 1. The van der Waals surface area contributed by atoms with Gasteiger partial charge in [0.15, 0.2) is 5.82 Å². The SMILES string of the molecule is Cc1ccc(C(=O)Nc2n[nH]c(-c3ccccc3Cl)n2)c(O)c1. The predicted molar refractivity (Wildman–Crippen MR) is 87.6 cm³/mol. The van der Waals surface area contributed by atoms with Crippen LogP contribution in [0, 0.1) is 6.92 Å². The third-order valence-electron chi connectivity index (χ3n) is 3.24. The molecule has 3 rings (SSSR count). The van der Waals surface area contributed by atoms with Crippen LogP contribution >= 0.6 is 11.6 Å². The number of aromatic hydroxyl groups is 1. The second-order valence-corrected chi connectivity index (χ2v) is 5.37. The molecule has 0 bridgehead atoms. The number of anilines is 1. The first-order valence-electron chi connectivity index (χ1n) is 6.83. The number of benzene rings is 2. The number of nitrogens with one attached hydrogen (secondary N) is 2. The fourth-order valence-corrected chi connectivity index (χ4v) is 2.32. The van der Waals surface area contributed by atoms with Crippen LogP contribution in [0.25, 0.3) is 11.4 Å². The number of halogens is 1. The van der Waals surface area contributed by atoms with E-state index in [0.717, 1.165) is 5.56 Å². The molecular weight excluding hydrogens is 316 g/mol. The molecular formula is C16H13ClN4O2. The molecule has 0 unspecified atom stereocenters. The number of nitrogens with zero attached hydrogens (tertiary/aromatic N) is 2. The Labute approximate surface area is 137 Å². The number of aromatic amines is 1. The van der Waals surface area contributed by atoms with Gasteiger partial charge in [0.05, 0.1) is 10.6 Å². The number of H-pyrrole nitrogens is 1. The minimum Gasteiger partial charge on any atom is -0.507 e. The van der Waals surface area contributed by atoms with E-state index in [1.165, 1.54) is 6.07 Å². The number of carbonyl (C=O) groups is 1. The van der Waals surface area contributed by atoms with Crippen molar-refractivity contribution >= 4 is 23.5 Å². The summed E-state index contributed by atoms with van der Waals surface area (Å²) in [5.41, 5.74) is 1.69. The number of aryl methyl sites for hydroxylation is 1. The summed E-state index contributed by atoms with van der Waals surface area (Å²) in [6.45, 7) is 1.83. The lowest BCUT2D eigenvalue weighted by Crippen LogP contribution is -2.13. The van der Waals surface area contributed by atoms with Crippen LogP contribution in [0.4, 0.5) is 5.95 Å². The van der Waals surface area contributed by atoms with E-state index in [0.29, 0.717) is 16.4 Å². The Kier molecular flexibility index (Phi) is 3.99. The fraction of sp³-hybridized carbons (Fsp3) is 0.0625. The van der Waals surface area contributed by atoms with Gasteiger partial charge in [0.2, 0.25) is 5.95 Å². The Morgan fingerprint density at radius 2 is 2.04 bits per heavy atom. The van der Waals surface area contributed by atoms with Crippen LogP contribution in [0.2, 0.25) is 5.02 Å². The van der Waals surface area contributed by atoms with Gasteiger partial charge < -0.3 is 5.11 Å². The number of phenols is 1. The van der Waals surface area contributed by atoms with E-state index in [1.807, 2.05) is 19.1 Å². The maximum atomic E-state index is 12.2. The summed E-state index contributed by atoms with van der Waals surface area (Å²) >= 11 is 6.10. The maximum absolute atomic E-state index is 12.2. The Morgan fingerprint density at radius 1 is 1.26 bits per heavy atom. The average molecular weight is 329 g/mol. The third-order valence-corrected chi connectivity index (χ3v) is 3.57. The molecule has 23 heavy (non-hydrogen) atoms. The van der Waals surface area contributed by atoms with Crippen LogP contribution in [0.5, 0.6) is 5.75 Å². The zero-order chi connectivity index (χ0) is 16.4. The van der Waals surface area contributed by atoms with Gasteiger partial charge in [-0.3, -0.25) is 15.2 Å². The van der Waals surface area contributed by atoms with Crippen molar-refractivity contribution in [2.75, 3.05) is 5.32 Å². The summed E-state index contributed by atoms with van der Waals surface area (Å²) in [6, 6.07) is 12.0. The van der Waals surface area contributed by atoms with Crippen LogP contribution in [0.1, 0.15) is 15.9 Å². The molecule has 3 aromatic rings. The number of hydrogen-bond donors (Lipinski definition) is 3. The molecule has 3 N–H and O–H groups in total. The van der Waals surface area contributed by atoms with E-state index in [1.54, 1.807) is 24.3 Å². The van der Waals surface area contributed by atoms with Crippen molar-refractivity contribution in [2.45, 2.75) is 6.92 Å². The van der Waals surface area contributed by atoms with Gasteiger partial charge in [0, 0.05) is 5.56 Å². The molecule has 0 atom stereocenters. The van der Waals surface area contributed by atoms with Gasteiger partial charge in [-0.25, -0.2) is 0 Å². The van der Waals surface area contributed by atoms with Crippen LogP contribution in [0.15, 0.2) is 42.5 Å². The molecule has 0 fully saturated rings. The maximum Gasteiger partial charge on any atom is 0.261 e. The number of phenolic OH excluding ortho intramolecular Hbond substituents is 1. The van der Waals surface area contributed by atoms with Crippen molar-refractivity contribution in [2.24, 2.45) is 0 Å². The van der Waals surface area contributed by atoms with E-state index in [2.05, 4.69) is 20.5 Å². The number of aromatic nitrogens is 3. The van der Waals surface area contributed by atoms with Crippen LogP contribution in [-0.2, 0) is 0 Å². The first-order chi connectivity index (χ1) is 11.0. The van der Waals surface area contributed by atoms with Crippen molar-refractivity contribution in [1.29, 1.82) is 0 Å².